The molecule has 0 bridgehead atoms. The third kappa shape index (κ3) is 3.78. The van der Waals surface area contributed by atoms with Crippen molar-refractivity contribution in [1.82, 2.24) is 9.55 Å². The molecule has 3 N–H and O–H groups in total. The molecule has 1 atom stereocenters. The molecule has 1 aliphatic heterocycles. The molecule has 1 aromatic heterocycles. The maximum atomic E-state index is 10.9. The molecule has 0 saturated carbocycles. The van der Waals surface area contributed by atoms with Crippen LogP contribution in [0.4, 0.5) is 11.6 Å². The summed E-state index contributed by atoms with van der Waals surface area (Å²) in [6.07, 6.45) is -0.443. The number of aliphatic imine (C=N–C) groups is 1. The van der Waals surface area contributed by atoms with Crippen LogP contribution in [0.1, 0.15) is 17.3 Å². The Bertz CT molecular complexity index is 1380. The smallest absolute Gasteiger partial charge is 0.269 e. The van der Waals surface area contributed by atoms with E-state index in [1.165, 1.54) is 12.1 Å². The van der Waals surface area contributed by atoms with E-state index in [1.807, 2.05) is 47.0 Å². The highest BCUT2D eigenvalue weighted by atomic mass is 16.6. The number of nitro groups is 1. The van der Waals surface area contributed by atoms with Crippen LogP contribution >= 0.6 is 0 Å². The molecule has 1 aliphatic rings. The van der Waals surface area contributed by atoms with Crippen LogP contribution < -0.4 is 20.5 Å². The first kappa shape index (κ1) is 20.3. The maximum absolute atomic E-state index is 10.9. The number of aromatic nitrogens is 2. The van der Waals surface area contributed by atoms with E-state index in [4.69, 9.17) is 15.2 Å². The van der Waals surface area contributed by atoms with Crippen LogP contribution in [0.15, 0.2) is 71.7 Å². The van der Waals surface area contributed by atoms with Crippen molar-refractivity contribution in [2.75, 3.05) is 12.4 Å². The molecule has 4 aromatic rings. The zero-order valence-electron chi connectivity index (χ0n) is 17.6. The van der Waals surface area contributed by atoms with Crippen LogP contribution in [0.25, 0.3) is 11.0 Å². The number of fused-ring (bicyclic) bond motifs is 3. The van der Waals surface area contributed by atoms with Gasteiger partial charge >= 0.3 is 0 Å². The second kappa shape index (κ2) is 8.15. The molecule has 166 valence electrons. The van der Waals surface area contributed by atoms with Crippen LogP contribution in [0, 0.1) is 10.1 Å². The van der Waals surface area contributed by atoms with Gasteiger partial charge in [0.15, 0.2) is 23.6 Å². The van der Waals surface area contributed by atoms with Gasteiger partial charge in [-0.25, -0.2) is 9.98 Å². The average Bonchev–Trinajstić information content (AvgIpc) is 3.20. The molecule has 0 saturated heterocycles. The number of hydrogen-bond donors (Lipinski definition) is 2. The molecule has 1 unspecified atom stereocenters. The number of nitro benzene ring substituents is 1. The van der Waals surface area contributed by atoms with Gasteiger partial charge in [0.05, 0.1) is 23.1 Å². The lowest BCUT2D eigenvalue weighted by Gasteiger charge is -2.24. The van der Waals surface area contributed by atoms with Gasteiger partial charge in [-0.3, -0.25) is 20.0 Å². The highest BCUT2D eigenvalue weighted by Gasteiger charge is 2.26. The van der Waals surface area contributed by atoms with Crippen molar-refractivity contribution in [3.63, 3.8) is 0 Å². The summed E-state index contributed by atoms with van der Waals surface area (Å²) in [4.78, 5) is 19.7. The van der Waals surface area contributed by atoms with Crippen molar-refractivity contribution in [3.8, 4) is 11.5 Å². The van der Waals surface area contributed by atoms with Gasteiger partial charge in [-0.2, -0.15) is 0 Å². The number of nitrogens with two attached hydrogens (primary N) is 1. The number of methoxy groups -OCH3 is 1. The van der Waals surface area contributed by atoms with Gasteiger partial charge in [-0.15, -0.1) is 0 Å². The van der Waals surface area contributed by atoms with Crippen molar-refractivity contribution in [1.29, 1.82) is 0 Å². The Hall–Kier alpha value is -4.60. The average molecular weight is 444 g/mol. The lowest BCUT2D eigenvalue weighted by atomic mass is 10.1. The third-order valence-electron chi connectivity index (χ3n) is 5.37. The van der Waals surface area contributed by atoms with Crippen LogP contribution in [0.2, 0.25) is 0 Å². The standard InChI is InChI=1S/C23H20N6O4/c1-32-19-11-8-15(12-20(19)33-13-14-6-9-16(10-7-14)29(30)31)21-26-22(24)27-23-25-17-4-2-3-5-18(17)28(21)23/h2-12,21H,13H2,1H3,(H3,24,25,26,27). The number of guanidine groups is 1. The van der Waals surface area contributed by atoms with Crippen molar-refractivity contribution in [3.05, 3.63) is 88.0 Å². The Morgan fingerprint density at radius 3 is 2.67 bits per heavy atom. The molecule has 3 aromatic carbocycles. The predicted molar refractivity (Wildman–Crippen MR) is 124 cm³/mol. The van der Waals surface area contributed by atoms with E-state index in [0.29, 0.717) is 17.4 Å². The molecule has 10 nitrogen and oxygen atoms in total. The van der Waals surface area contributed by atoms with Crippen LogP contribution in [-0.4, -0.2) is 27.5 Å². The van der Waals surface area contributed by atoms with Crippen LogP contribution in [0.3, 0.4) is 0 Å². The van der Waals surface area contributed by atoms with Crippen molar-refractivity contribution >= 4 is 28.6 Å². The Labute approximate surface area is 188 Å². The van der Waals surface area contributed by atoms with Gasteiger partial charge < -0.3 is 15.2 Å². The molecule has 0 spiro atoms. The number of nitrogens with one attached hydrogen (secondary N) is 1. The largest absolute Gasteiger partial charge is 0.493 e. The fourth-order valence-corrected chi connectivity index (χ4v) is 3.78. The van der Waals surface area contributed by atoms with Gasteiger partial charge in [0, 0.05) is 17.7 Å². The molecule has 2 heterocycles. The highest BCUT2D eigenvalue weighted by molar-refractivity contribution is 5.94. The Balaban J connectivity index is 1.48. The normalized spacial score (nSPS) is 14.8. The molecule has 5 rings (SSSR count). The number of anilines is 1. The number of non-ortho nitro benzene ring substituents is 1. The third-order valence-corrected chi connectivity index (χ3v) is 5.37. The Morgan fingerprint density at radius 2 is 1.91 bits per heavy atom. The quantitative estimate of drug-likeness (QED) is 0.341. The molecular formula is C23H20N6O4. The van der Waals surface area contributed by atoms with E-state index >= 15 is 0 Å². The van der Waals surface area contributed by atoms with E-state index in [9.17, 15) is 10.1 Å². The van der Waals surface area contributed by atoms with Gasteiger partial charge in [0.25, 0.3) is 5.69 Å². The summed E-state index contributed by atoms with van der Waals surface area (Å²) in [5, 5.41) is 13.9. The number of para-hydroxylation sites is 2. The number of ether oxygens (including phenoxy) is 2. The SMILES string of the molecule is COc1ccc(C2N=C(N)Nc3nc4ccccc4n32)cc1OCc1ccc([N+](=O)[O-])cc1. The number of imidazole rings is 1. The second-order valence-electron chi connectivity index (χ2n) is 7.43. The van der Waals surface area contributed by atoms with E-state index < -0.39 is 11.1 Å². The summed E-state index contributed by atoms with van der Waals surface area (Å²) in [5.41, 5.74) is 9.46. The van der Waals surface area contributed by atoms with E-state index in [2.05, 4.69) is 15.3 Å². The van der Waals surface area contributed by atoms with Gasteiger partial charge in [0.1, 0.15) is 6.61 Å². The Kier molecular flexibility index (Phi) is 5.02. The van der Waals surface area contributed by atoms with Gasteiger partial charge in [-0.1, -0.05) is 18.2 Å². The highest BCUT2D eigenvalue weighted by Crippen LogP contribution is 2.36. The summed E-state index contributed by atoms with van der Waals surface area (Å²) in [6, 6.07) is 19.6. The van der Waals surface area contributed by atoms with Crippen LogP contribution in [0.5, 0.6) is 11.5 Å². The maximum Gasteiger partial charge on any atom is 0.269 e. The van der Waals surface area contributed by atoms with E-state index in [0.717, 1.165) is 22.2 Å². The predicted octanol–water partition coefficient (Wildman–Crippen LogP) is 3.82. The summed E-state index contributed by atoms with van der Waals surface area (Å²) in [6.45, 7) is 0.217. The summed E-state index contributed by atoms with van der Waals surface area (Å²) in [7, 11) is 1.57. The van der Waals surface area contributed by atoms with E-state index in [1.54, 1.807) is 19.2 Å². The molecule has 0 aliphatic carbocycles. The molecule has 0 radical (unpaired) electrons. The van der Waals surface area contributed by atoms with Crippen molar-refractivity contribution in [2.24, 2.45) is 10.7 Å². The van der Waals surface area contributed by atoms with Crippen molar-refractivity contribution < 1.29 is 14.4 Å². The second-order valence-corrected chi connectivity index (χ2v) is 7.43. The fraction of sp³-hybridized carbons (Fsp3) is 0.130. The topological polar surface area (TPSA) is 130 Å². The minimum Gasteiger partial charge on any atom is -0.493 e. The lowest BCUT2D eigenvalue weighted by Crippen LogP contribution is -2.31. The molecular weight excluding hydrogens is 424 g/mol. The molecule has 33 heavy (non-hydrogen) atoms. The zero-order valence-corrected chi connectivity index (χ0v) is 17.6. The first-order valence-electron chi connectivity index (χ1n) is 10.1. The number of rotatable bonds is 6. The number of hydrogen-bond acceptors (Lipinski definition) is 8. The lowest BCUT2D eigenvalue weighted by molar-refractivity contribution is -0.384. The minimum atomic E-state index is -0.443. The first-order chi connectivity index (χ1) is 16.0. The molecule has 0 amide bonds. The number of nitrogens with zero attached hydrogens (tertiary/aromatic N) is 4. The fourth-order valence-electron chi connectivity index (χ4n) is 3.78. The van der Waals surface area contributed by atoms with Gasteiger partial charge in [0.2, 0.25) is 5.95 Å². The van der Waals surface area contributed by atoms with Crippen molar-refractivity contribution in [2.45, 2.75) is 12.8 Å². The minimum absolute atomic E-state index is 0.0306. The molecule has 0 fully saturated rings. The van der Waals surface area contributed by atoms with Crippen LogP contribution in [-0.2, 0) is 6.61 Å². The van der Waals surface area contributed by atoms with E-state index in [-0.39, 0.29) is 18.3 Å². The number of benzene rings is 3. The Morgan fingerprint density at radius 1 is 1.12 bits per heavy atom. The monoisotopic (exact) mass is 444 g/mol. The first-order valence-corrected chi connectivity index (χ1v) is 10.1. The summed E-state index contributed by atoms with van der Waals surface area (Å²) >= 11 is 0. The zero-order chi connectivity index (χ0) is 22.9. The summed E-state index contributed by atoms with van der Waals surface area (Å²) < 4.78 is 13.5. The molecule has 10 heteroatoms. The summed E-state index contributed by atoms with van der Waals surface area (Å²) in [5.74, 6) is 1.96. The van der Waals surface area contributed by atoms with Gasteiger partial charge in [-0.05, 0) is 42.0 Å².